The Kier molecular flexibility index (Phi) is 4.42. The molecule has 0 spiro atoms. The molecule has 18 heavy (non-hydrogen) atoms. The molecule has 0 saturated heterocycles. The van der Waals surface area contributed by atoms with Gasteiger partial charge in [-0.3, -0.25) is 0 Å². The number of rotatable bonds is 5. The molecule has 3 heteroatoms. The zero-order chi connectivity index (χ0) is 12.8. The number of hydrogen-bond acceptors (Lipinski definition) is 3. The lowest BCUT2D eigenvalue weighted by atomic mass is 10.2. The van der Waals surface area contributed by atoms with E-state index in [0.29, 0.717) is 0 Å². The summed E-state index contributed by atoms with van der Waals surface area (Å²) in [7, 11) is 0. The Morgan fingerprint density at radius 2 is 1.89 bits per heavy atom. The van der Waals surface area contributed by atoms with Gasteiger partial charge in [0.15, 0.2) is 5.82 Å². The van der Waals surface area contributed by atoms with Gasteiger partial charge in [0.1, 0.15) is 0 Å². The highest BCUT2D eigenvalue weighted by Gasteiger charge is 2.04. The number of nitrogens with zero attached hydrogens (tertiary/aromatic N) is 2. The Balaban J connectivity index is 2.21. The van der Waals surface area contributed by atoms with Gasteiger partial charge in [-0.25, -0.2) is 9.97 Å². The van der Waals surface area contributed by atoms with Crippen molar-refractivity contribution in [3.05, 3.63) is 47.8 Å². The second-order valence-corrected chi connectivity index (χ2v) is 4.37. The fourth-order valence-corrected chi connectivity index (χ4v) is 1.83. The summed E-state index contributed by atoms with van der Waals surface area (Å²) < 4.78 is 0. The van der Waals surface area contributed by atoms with Crippen LogP contribution in [0.3, 0.4) is 0 Å². The topological polar surface area (TPSA) is 37.8 Å². The molecular weight excluding hydrogens is 222 g/mol. The Bertz CT molecular complexity index is 494. The van der Waals surface area contributed by atoms with Crippen LogP contribution >= 0.6 is 0 Å². The number of aromatic nitrogens is 2. The van der Waals surface area contributed by atoms with Crippen molar-refractivity contribution in [2.45, 2.75) is 26.8 Å². The van der Waals surface area contributed by atoms with E-state index in [9.17, 15) is 0 Å². The van der Waals surface area contributed by atoms with E-state index in [-0.39, 0.29) is 0 Å². The highest BCUT2D eigenvalue weighted by atomic mass is 14.9. The van der Waals surface area contributed by atoms with E-state index in [4.69, 9.17) is 0 Å². The highest BCUT2D eigenvalue weighted by molar-refractivity contribution is 5.54. The van der Waals surface area contributed by atoms with Gasteiger partial charge in [-0.2, -0.15) is 0 Å². The van der Waals surface area contributed by atoms with Crippen LogP contribution in [0.2, 0.25) is 0 Å². The van der Waals surface area contributed by atoms with E-state index < -0.39 is 0 Å². The Labute approximate surface area is 108 Å². The molecule has 0 aliphatic carbocycles. The monoisotopic (exact) mass is 241 g/mol. The third-order valence-corrected chi connectivity index (χ3v) is 2.67. The Morgan fingerprint density at radius 1 is 1.11 bits per heavy atom. The van der Waals surface area contributed by atoms with Gasteiger partial charge in [0, 0.05) is 17.8 Å². The van der Waals surface area contributed by atoms with Crippen LogP contribution in [-0.4, -0.2) is 16.5 Å². The fourth-order valence-electron chi connectivity index (χ4n) is 1.83. The summed E-state index contributed by atoms with van der Waals surface area (Å²) in [5.41, 5.74) is 3.13. The average molecular weight is 241 g/mol. The Morgan fingerprint density at radius 3 is 2.61 bits per heavy atom. The van der Waals surface area contributed by atoms with Crippen LogP contribution in [0.4, 0.5) is 0 Å². The minimum Gasteiger partial charge on any atom is -0.311 e. The number of benzene rings is 1. The van der Waals surface area contributed by atoms with Crippen molar-refractivity contribution in [3.63, 3.8) is 0 Å². The smallest absolute Gasteiger partial charge is 0.159 e. The van der Waals surface area contributed by atoms with Crippen LogP contribution < -0.4 is 5.32 Å². The molecule has 0 amide bonds. The summed E-state index contributed by atoms with van der Waals surface area (Å²) in [6.45, 7) is 5.99. The van der Waals surface area contributed by atoms with Crippen LogP contribution in [0.25, 0.3) is 11.4 Å². The van der Waals surface area contributed by atoms with Crippen molar-refractivity contribution < 1.29 is 0 Å². The first-order chi connectivity index (χ1) is 8.79. The van der Waals surface area contributed by atoms with E-state index in [1.807, 2.05) is 43.3 Å². The lowest BCUT2D eigenvalue weighted by Crippen LogP contribution is -2.15. The fraction of sp³-hybridized carbons (Fsp3) is 0.333. The molecule has 1 aromatic carbocycles. The zero-order valence-corrected chi connectivity index (χ0v) is 11.0. The van der Waals surface area contributed by atoms with E-state index >= 15 is 0 Å². The third-order valence-electron chi connectivity index (χ3n) is 2.67. The summed E-state index contributed by atoms with van der Waals surface area (Å²) >= 11 is 0. The zero-order valence-electron chi connectivity index (χ0n) is 11.0. The molecule has 0 fully saturated rings. The van der Waals surface area contributed by atoms with E-state index in [1.165, 1.54) is 0 Å². The molecule has 1 aromatic heterocycles. The summed E-state index contributed by atoms with van der Waals surface area (Å²) in [6.07, 6.45) is 1.13. The second kappa shape index (κ2) is 6.26. The van der Waals surface area contributed by atoms with Crippen molar-refractivity contribution in [1.82, 2.24) is 15.3 Å². The summed E-state index contributed by atoms with van der Waals surface area (Å²) in [6, 6.07) is 12.1. The first kappa shape index (κ1) is 12.7. The maximum Gasteiger partial charge on any atom is 0.159 e. The van der Waals surface area contributed by atoms with Gasteiger partial charge in [0.05, 0.1) is 5.69 Å². The molecule has 1 heterocycles. The highest BCUT2D eigenvalue weighted by Crippen LogP contribution is 2.15. The van der Waals surface area contributed by atoms with Gasteiger partial charge >= 0.3 is 0 Å². The lowest BCUT2D eigenvalue weighted by molar-refractivity contribution is 0.662. The third kappa shape index (κ3) is 3.37. The Hall–Kier alpha value is -1.74. The molecule has 0 radical (unpaired) electrons. The predicted molar refractivity (Wildman–Crippen MR) is 74.2 cm³/mol. The minimum atomic E-state index is 0.803. The van der Waals surface area contributed by atoms with Gasteiger partial charge in [-0.1, -0.05) is 37.3 Å². The standard InChI is InChI=1S/C15H19N3/c1-3-9-16-11-14-10-12(2)17-15(18-14)13-7-5-4-6-8-13/h4-8,10,16H,3,9,11H2,1-2H3. The van der Waals surface area contributed by atoms with Crippen LogP contribution in [0.5, 0.6) is 0 Å². The van der Waals surface area contributed by atoms with Crippen LogP contribution in [0, 0.1) is 6.92 Å². The summed E-state index contributed by atoms with van der Waals surface area (Å²) in [5.74, 6) is 0.809. The van der Waals surface area contributed by atoms with Crippen LogP contribution in [0.15, 0.2) is 36.4 Å². The van der Waals surface area contributed by atoms with Gasteiger partial charge < -0.3 is 5.32 Å². The second-order valence-electron chi connectivity index (χ2n) is 4.37. The van der Waals surface area contributed by atoms with Crippen molar-refractivity contribution in [1.29, 1.82) is 0 Å². The SMILES string of the molecule is CCCNCc1cc(C)nc(-c2ccccc2)n1. The van der Waals surface area contributed by atoms with E-state index in [2.05, 4.69) is 22.2 Å². The van der Waals surface area contributed by atoms with Crippen molar-refractivity contribution >= 4 is 0 Å². The molecular formula is C15H19N3. The average Bonchev–Trinajstić information content (AvgIpc) is 2.39. The van der Waals surface area contributed by atoms with Gasteiger partial charge in [-0.05, 0) is 26.0 Å². The minimum absolute atomic E-state index is 0.803. The first-order valence-electron chi connectivity index (χ1n) is 6.40. The largest absolute Gasteiger partial charge is 0.311 e. The molecule has 1 N–H and O–H groups in total. The maximum absolute atomic E-state index is 4.60. The van der Waals surface area contributed by atoms with E-state index in [0.717, 1.165) is 42.3 Å². The van der Waals surface area contributed by atoms with Gasteiger partial charge in [0.2, 0.25) is 0 Å². The van der Waals surface area contributed by atoms with Crippen molar-refractivity contribution in [3.8, 4) is 11.4 Å². The summed E-state index contributed by atoms with van der Waals surface area (Å²) in [5, 5.41) is 3.37. The molecule has 2 aromatic rings. The van der Waals surface area contributed by atoms with Gasteiger partial charge in [0.25, 0.3) is 0 Å². The van der Waals surface area contributed by atoms with Crippen molar-refractivity contribution in [2.24, 2.45) is 0 Å². The lowest BCUT2D eigenvalue weighted by Gasteiger charge is -2.07. The maximum atomic E-state index is 4.60. The number of aryl methyl sites for hydroxylation is 1. The molecule has 0 saturated carbocycles. The van der Waals surface area contributed by atoms with E-state index in [1.54, 1.807) is 0 Å². The first-order valence-corrected chi connectivity index (χ1v) is 6.40. The van der Waals surface area contributed by atoms with Gasteiger partial charge in [-0.15, -0.1) is 0 Å². The molecule has 0 bridgehead atoms. The molecule has 0 aliphatic heterocycles. The predicted octanol–water partition coefficient (Wildman–Crippen LogP) is 2.95. The number of nitrogens with one attached hydrogen (secondary N) is 1. The molecule has 2 rings (SSSR count). The van der Waals surface area contributed by atoms with Crippen LogP contribution in [0.1, 0.15) is 24.7 Å². The quantitative estimate of drug-likeness (QED) is 0.818. The molecule has 3 nitrogen and oxygen atoms in total. The molecule has 0 atom stereocenters. The number of hydrogen-bond donors (Lipinski definition) is 1. The normalized spacial score (nSPS) is 10.6. The molecule has 0 aliphatic rings. The van der Waals surface area contributed by atoms with Crippen LogP contribution in [-0.2, 0) is 6.54 Å². The summed E-state index contributed by atoms with van der Waals surface area (Å²) in [4.78, 5) is 9.10. The van der Waals surface area contributed by atoms with Crippen molar-refractivity contribution in [2.75, 3.05) is 6.54 Å². The molecule has 94 valence electrons. The molecule has 0 unspecified atom stereocenters.